The van der Waals surface area contributed by atoms with Crippen molar-refractivity contribution >= 4 is 23.2 Å². The van der Waals surface area contributed by atoms with E-state index in [1.807, 2.05) is 62.4 Å². The second-order valence-corrected chi connectivity index (χ2v) is 9.95. The number of carbonyl (C=O) groups is 2. The Hall–Kier alpha value is -3.67. The van der Waals surface area contributed by atoms with E-state index >= 15 is 0 Å². The number of Topliss-reactive ketones (excluding diaryl/α,β-unsaturated/α-hetero) is 1. The number of ketones is 1. The average molecular weight is 441 g/mol. The van der Waals surface area contributed by atoms with Crippen LogP contribution in [0.3, 0.4) is 0 Å². The maximum atomic E-state index is 13.3. The maximum absolute atomic E-state index is 13.3. The summed E-state index contributed by atoms with van der Waals surface area (Å²) in [5.74, 6) is 0.517. The van der Waals surface area contributed by atoms with E-state index in [0.29, 0.717) is 17.8 Å². The van der Waals surface area contributed by atoms with Gasteiger partial charge in [0.1, 0.15) is 17.4 Å². The molecule has 2 aromatic carbocycles. The summed E-state index contributed by atoms with van der Waals surface area (Å²) in [4.78, 5) is 26.5. The number of aryl methyl sites for hydroxylation is 2. The van der Waals surface area contributed by atoms with Crippen LogP contribution < -0.4 is 10.6 Å². The molecule has 1 aliphatic carbocycles. The highest BCUT2D eigenvalue weighted by Crippen LogP contribution is 2.46. The van der Waals surface area contributed by atoms with Gasteiger partial charge >= 0.3 is 0 Å². The number of nitrogens with one attached hydrogen (secondary N) is 2. The number of hydrogen-bond donors (Lipinski definition) is 2. The summed E-state index contributed by atoms with van der Waals surface area (Å²) in [6.45, 7) is 8.24. The molecule has 168 valence electrons. The molecule has 2 heterocycles. The molecule has 0 fully saturated rings. The third kappa shape index (κ3) is 3.86. The van der Waals surface area contributed by atoms with Gasteiger partial charge in [0.25, 0.3) is 5.91 Å². The normalized spacial score (nSPS) is 18.9. The van der Waals surface area contributed by atoms with Gasteiger partial charge < -0.3 is 10.6 Å². The Bertz CT molecular complexity index is 1300. The van der Waals surface area contributed by atoms with Gasteiger partial charge in [-0.15, -0.1) is 0 Å². The Labute approximate surface area is 193 Å². The van der Waals surface area contributed by atoms with Crippen LogP contribution in [0.2, 0.25) is 0 Å². The fraction of sp³-hybridized carbons (Fsp3) is 0.296. The summed E-state index contributed by atoms with van der Waals surface area (Å²) in [6, 6.07) is 15.5. The Kier molecular flexibility index (Phi) is 4.96. The van der Waals surface area contributed by atoms with Gasteiger partial charge in [-0.25, -0.2) is 4.68 Å². The standard InChI is InChI=1S/C27H28N4O2/c1-16-8-10-18(11-9-16)24-23-21(13-27(3,4)14-22(23)32)30-25-20(15-28-31(24)25)26(33)29-19-7-5-6-17(2)12-19/h5-12,15,24,30H,13-14H2,1-4H3,(H,29,33)/t24-/m1/s1. The molecule has 0 saturated carbocycles. The number of amides is 1. The van der Waals surface area contributed by atoms with Crippen LogP contribution in [-0.4, -0.2) is 21.5 Å². The molecule has 0 spiro atoms. The molecule has 0 saturated heterocycles. The molecule has 2 N–H and O–H groups in total. The van der Waals surface area contributed by atoms with Crippen LogP contribution in [0.25, 0.3) is 0 Å². The minimum atomic E-state index is -0.360. The zero-order valence-electron chi connectivity index (χ0n) is 19.4. The third-order valence-electron chi connectivity index (χ3n) is 6.42. The lowest BCUT2D eigenvalue weighted by Gasteiger charge is -2.39. The van der Waals surface area contributed by atoms with Crippen LogP contribution in [0, 0.1) is 19.3 Å². The molecule has 3 aromatic rings. The van der Waals surface area contributed by atoms with E-state index in [9.17, 15) is 9.59 Å². The molecule has 1 aromatic heterocycles. The van der Waals surface area contributed by atoms with Crippen molar-refractivity contribution in [2.45, 2.75) is 46.6 Å². The number of allylic oxidation sites excluding steroid dienone is 2. The highest BCUT2D eigenvalue weighted by molar-refractivity contribution is 6.08. The van der Waals surface area contributed by atoms with Gasteiger partial charge in [0, 0.05) is 23.4 Å². The van der Waals surface area contributed by atoms with Crippen LogP contribution in [0.15, 0.2) is 66.0 Å². The molecule has 6 nitrogen and oxygen atoms in total. The first kappa shape index (κ1) is 21.2. The van der Waals surface area contributed by atoms with Gasteiger partial charge in [-0.1, -0.05) is 55.8 Å². The zero-order valence-corrected chi connectivity index (χ0v) is 19.4. The highest BCUT2D eigenvalue weighted by Gasteiger charge is 2.42. The first-order valence-electron chi connectivity index (χ1n) is 11.3. The van der Waals surface area contributed by atoms with E-state index in [-0.39, 0.29) is 23.1 Å². The van der Waals surface area contributed by atoms with Gasteiger partial charge in [-0.05, 0) is 48.9 Å². The lowest BCUT2D eigenvalue weighted by atomic mass is 9.73. The molecule has 33 heavy (non-hydrogen) atoms. The predicted octanol–water partition coefficient (Wildman–Crippen LogP) is 5.41. The summed E-state index contributed by atoms with van der Waals surface area (Å²) in [5.41, 5.74) is 5.89. The van der Waals surface area contributed by atoms with Crippen molar-refractivity contribution in [1.29, 1.82) is 0 Å². The van der Waals surface area contributed by atoms with Gasteiger partial charge in [0.2, 0.25) is 0 Å². The fourth-order valence-electron chi connectivity index (χ4n) is 4.86. The maximum Gasteiger partial charge on any atom is 0.261 e. The van der Waals surface area contributed by atoms with E-state index < -0.39 is 0 Å². The average Bonchev–Trinajstić information content (AvgIpc) is 3.16. The van der Waals surface area contributed by atoms with E-state index in [0.717, 1.165) is 40.1 Å². The summed E-state index contributed by atoms with van der Waals surface area (Å²) < 4.78 is 1.78. The highest BCUT2D eigenvalue weighted by atomic mass is 16.1. The van der Waals surface area contributed by atoms with Crippen molar-refractivity contribution in [1.82, 2.24) is 9.78 Å². The molecule has 5 rings (SSSR count). The quantitative estimate of drug-likeness (QED) is 0.571. The first-order valence-corrected chi connectivity index (χ1v) is 11.3. The molecule has 1 amide bonds. The van der Waals surface area contributed by atoms with Crippen molar-refractivity contribution in [2.24, 2.45) is 5.41 Å². The molecule has 1 aliphatic heterocycles. The number of rotatable bonds is 3. The lowest BCUT2D eigenvalue weighted by molar-refractivity contribution is -0.118. The lowest BCUT2D eigenvalue weighted by Crippen LogP contribution is -2.37. The molecular formula is C27H28N4O2. The van der Waals surface area contributed by atoms with Crippen LogP contribution in [0.1, 0.15) is 59.8 Å². The number of anilines is 2. The van der Waals surface area contributed by atoms with Crippen LogP contribution in [0.4, 0.5) is 11.5 Å². The number of nitrogens with zero attached hydrogens (tertiary/aromatic N) is 2. The summed E-state index contributed by atoms with van der Waals surface area (Å²) in [7, 11) is 0. The largest absolute Gasteiger partial charge is 0.343 e. The molecule has 0 unspecified atom stereocenters. The second kappa shape index (κ2) is 7.73. The molecule has 1 atom stereocenters. The third-order valence-corrected chi connectivity index (χ3v) is 6.42. The first-order chi connectivity index (χ1) is 15.7. The van der Waals surface area contributed by atoms with Crippen molar-refractivity contribution in [3.05, 3.63) is 88.3 Å². The minimum Gasteiger partial charge on any atom is -0.343 e. The molecule has 6 heteroatoms. The van der Waals surface area contributed by atoms with Gasteiger partial charge in [-0.3, -0.25) is 9.59 Å². The van der Waals surface area contributed by atoms with Crippen molar-refractivity contribution in [2.75, 3.05) is 10.6 Å². The minimum absolute atomic E-state index is 0.131. The number of hydrogen-bond acceptors (Lipinski definition) is 4. The van der Waals surface area contributed by atoms with Gasteiger partial charge in [-0.2, -0.15) is 5.10 Å². The Morgan fingerprint density at radius 2 is 1.85 bits per heavy atom. The number of benzene rings is 2. The smallest absolute Gasteiger partial charge is 0.261 e. The topological polar surface area (TPSA) is 76.0 Å². The Morgan fingerprint density at radius 1 is 1.09 bits per heavy atom. The monoisotopic (exact) mass is 440 g/mol. The molecule has 0 bridgehead atoms. The van der Waals surface area contributed by atoms with E-state index in [1.165, 1.54) is 0 Å². The molecule has 2 aliphatic rings. The second-order valence-electron chi connectivity index (χ2n) is 9.95. The van der Waals surface area contributed by atoms with Crippen molar-refractivity contribution < 1.29 is 9.59 Å². The molecular weight excluding hydrogens is 412 g/mol. The fourth-order valence-corrected chi connectivity index (χ4v) is 4.86. The summed E-state index contributed by atoms with van der Waals surface area (Å²) in [6.07, 6.45) is 2.82. The van der Waals surface area contributed by atoms with Crippen LogP contribution >= 0.6 is 0 Å². The van der Waals surface area contributed by atoms with E-state index in [4.69, 9.17) is 0 Å². The van der Waals surface area contributed by atoms with Crippen molar-refractivity contribution in [3.63, 3.8) is 0 Å². The van der Waals surface area contributed by atoms with Crippen LogP contribution in [-0.2, 0) is 4.79 Å². The zero-order chi connectivity index (χ0) is 23.3. The predicted molar refractivity (Wildman–Crippen MR) is 129 cm³/mol. The number of carbonyl (C=O) groups excluding carboxylic acids is 2. The summed E-state index contributed by atoms with van der Waals surface area (Å²) >= 11 is 0. The van der Waals surface area contributed by atoms with E-state index in [1.54, 1.807) is 10.9 Å². The van der Waals surface area contributed by atoms with Gasteiger partial charge in [0.15, 0.2) is 5.78 Å². The van der Waals surface area contributed by atoms with Crippen molar-refractivity contribution in [3.8, 4) is 0 Å². The molecule has 0 radical (unpaired) electrons. The summed E-state index contributed by atoms with van der Waals surface area (Å²) in [5, 5.41) is 11.0. The Balaban J connectivity index is 1.59. The van der Waals surface area contributed by atoms with E-state index in [2.05, 4.69) is 29.6 Å². The van der Waals surface area contributed by atoms with Gasteiger partial charge in [0.05, 0.1) is 6.20 Å². The Morgan fingerprint density at radius 3 is 2.58 bits per heavy atom. The number of fused-ring (bicyclic) bond motifs is 1. The number of aromatic nitrogens is 2. The van der Waals surface area contributed by atoms with Crippen LogP contribution in [0.5, 0.6) is 0 Å². The SMILES string of the molecule is Cc1ccc([C@@H]2C3=C(CC(C)(C)CC3=O)Nc3c(C(=O)Nc4cccc(C)c4)cnn32)cc1.